The SMILES string of the molecule is CN(CCO)C(=O)CNC(=O)Cc1nc2ccc(-c3ccccc3)cc2s1. The van der Waals surface area contributed by atoms with Crippen LogP contribution in [0, 0.1) is 0 Å². The van der Waals surface area contributed by atoms with Crippen LogP contribution in [0.25, 0.3) is 21.3 Å². The van der Waals surface area contributed by atoms with E-state index >= 15 is 0 Å². The number of carbonyl (C=O) groups excluding carboxylic acids is 2. The number of nitrogens with zero attached hydrogens (tertiary/aromatic N) is 2. The van der Waals surface area contributed by atoms with Gasteiger partial charge >= 0.3 is 0 Å². The quantitative estimate of drug-likeness (QED) is 0.654. The minimum atomic E-state index is -0.247. The minimum Gasteiger partial charge on any atom is -0.395 e. The average molecular weight is 383 g/mol. The van der Waals surface area contributed by atoms with Crippen LogP contribution in [-0.2, 0) is 16.0 Å². The first-order valence-corrected chi connectivity index (χ1v) is 9.45. The number of rotatable bonds is 7. The van der Waals surface area contributed by atoms with E-state index < -0.39 is 0 Å². The molecule has 0 aliphatic heterocycles. The molecule has 3 rings (SSSR count). The molecule has 6 nitrogen and oxygen atoms in total. The highest BCUT2D eigenvalue weighted by molar-refractivity contribution is 7.18. The molecule has 0 aliphatic rings. The molecule has 0 bridgehead atoms. The number of aliphatic hydroxyl groups excluding tert-OH is 1. The van der Waals surface area contributed by atoms with Gasteiger partial charge in [0.1, 0.15) is 5.01 Å². The van der Waals surface area contributed by atoms with Crippen LogP contribution < -0.4 is 5.32 Å². The second kappa shape index (κ2) is 8.75. The van der Waals surface area contributed by atoms with E-state index in [1.54, 1.807) is 7.05 Å². The number of amides is 2. The van der Waals surface area contributed by atoms with E-state index in [-0.39, 0.29) is 37.9 Å². The first kappa shape index (κ1) is 19.0. The molecule has 140 valence electrons. The number of hydrogen-bond acceptors (Lipinski definition) is 5. The molecular formula is C20H21N3O3S. The summed E-state index contributed by atoms with van der Waals surface area (Å²) in [6.45, 7) is 0.0571. The molecule has 7 heteroatoms. The van der Waals surface area contributed by atoms with Crippen LogP contribution in [0.1, 0.15) is 5.01 Å². The van der Waals surface area contributed by atoms with Crippen LogP contribution >= 0.6 is 11.3 Å². The van der Waals surface area contributed by atoms with E-state index in [1.807, 2.05) is 30.3 Å². The lowest BCUT2D eigenvalue weighted by atomic mass is 10.1. The molecule has 1 aromatic heterocycles. The van der Waals surface area contributed by atoms with Crippen molar-refractivity contribution in [2.45, 2.75) is 6.42 Å². The van der Waals surface area contributed by atoms with Crippen LogP contribution in [0.2, 0.25) is 0 Å². The molecule has 2 aromatic carbocycles. The third-order valence-electron chi connectivity index (χ3n) is 4.15. The number of carbonyl (C=O) groups is 2. The molecular weight excluding hydrogens is 362 g/mol. The number of fused-ring (bicyclic) bond motifs is 1. The number of likely N-dealkylation sites (N-methyl/N-ethyl adjacent to an activating group) is 1. The van der Waals surface area contributed by atoms with Crippen molar-refractivity contribution in [1.82, 2.24) is 15.2 Å². The third-order valence-corrected chi connectivity index (χ3v) is 5.17. The molecule has 0 fully saturated rings. The monoisotopic (exact) mass is 383 g/mol. The Hall–Kier alpha value is -2.77. The standard InChI is InChI=1S/C20H21N3O3S/c1-23(9-10-24)20(26)13-21-18(25)12-19-22-16-8-7-15(11-17(16)27-19)14-5-3-2-4-6-14/h2-8,11,24H,9-10,12-13H2,1H3,(H,21,25). The van der Waals surface area contributed by atoms with Gasteiger partial charge in [0.15, 0.2) is 0 Å². The highest BCUT2D eigenvalue weighted by atomic mass is 32.1. The summed E-state index contributed by atoms with van der Waals surface area (Å²) in [6.07, 6.45) is 0.136. The zero-order valence-corrected chi connectivity index (χ0v) is 15.8. The maximum absolute atomic E-state index is 12.1. The number of thiazole rings is 1. The van der Waals surface area contributed by atoms with Crippen molar-refractivity contribution in [2.24, 2.45) is 0 Å². The average Bonchev–Trinajstić information content (AvgIpc) is 3.08. The van der Waals surface area contributed by atoms with Crippen LogP contribution in [0.15, 0.2) is 48.5 Å². The third kappa shape index (κ3) is 4.90. The molecule has 2 amide bonds. The van der Waals surface area contributed by atoms with E-state index in [0.717, 1.165) is 21.3 Å². The van der Waals surface area contributed by atoms with Gasteiger partial charge in [0.05, 0.1) is 29.8 Å². The Morgan fingerprint density at radius 3 is 2.67 bits per heavy atom. The smallest absolute Gasteiger partial charge is 0.241 e. The second-order valence-corrected chi connectivity index (χ2v) is 7.26. The summed E-state index contributed by atoms with van der Waals surface area (Å²) in [5.74, 6) is -0.489. The molecule has 0 radical (unpaired) electrons. The minimum absolute atomic E-state index is 0.0849. The maximum Gasteiger partial charge on any atom is 0.241 e. The molecule has 0 spiro atoms. The number of aliphatic hydroxyl groups is 1. The summed E-state index contributed by atoms with van der Waals surface area (Å²) >= 11 is 1.48. The Balaban J connectivity index is 1.63. The van der Waals surface area contributed by atoms with E-state index in [9.17, 15) is 9.59 Å². The van der Waals surface area contributed by atoms with Crippen molar-refractivity contribution in [1.29, 1.82) is 0 Å². The largest absolute Gasteiger partial charge is 0.395 e. The van der Waals surface area contributed by atoms with Gasteiger partial charge in [0, 0.05) is 13.6 Å². The lowest BCUT2D eigenvalue weighted by Crippen LogP contribution is -2.39. The highest BCUT2D eigenvalue weighted by Gasteiger charge is 2.13. The van der Waals surface area contributed by atoms with Crippen LogP contribution in [0.5, 0.6) is 0 Å². The predicted molar refractivity (Wildman–Crippen MR) is 106 cm³/mol. The van der Waals surface area contributed by atoms with Crippen molar-refractivity contribution < 1.29 is 14.7 Å². The summed E-state index contributed by atoms with van der Waals surface area (Å²) in [4.78, 5) is 29.8. The first-order valence-electron chi connectivity index (χ1n) is 8.63. The number of aromatic nitrogens is 1. The van der Waals surface area contributed by atoms with Gasteiger partial charge in [-0.05, 0) is 23.3 Å². The molecule has 0 atom stereocenters. The molecule has 2 N–H and O–H groups in total. The van der Waals surface area contributed by atoms with Gasteiger partial charge in [-0.15, -0.1) is 11.3 Å². The Labute approximate surface area is 161 Å². The molecule has 1 heterocycles. The van der Waals surface area contributed by atoms with E-state index in [0.29, 0.717) is 5.01 Å². The topological polar surface area (TPSA) is 82.5 Å². The summed E-state index contributed by atoms with van der Waals surface area (Å²) in [5.41, 5.74) is 3.11. The number of benzene rings is 2. The van der Waals surface area contributed by atoms with Crippen LogP contribution in [0.4, 0.5) is 0 Å². The first-order chi connectivity index (χ1) is 13.1. The van der Waals surface area contributed by atoms with Gasteiger partial charge in [0.2, 0.25) is 11.8 Å². The van der Waals surface area contributed by atoms with E-state index in [1.165, 1.54) is 16.2 Å². The van der Waals surface area contributed by atoms with Gasteiger partial charge in [0.25, 0.3) is 0 Å². The molecule has 0 unspecified atom stereocenters. The van der Waals surface area contributed by atoms with E-state index in [2.05, 4.69) is 28.5 Å². The fourth-order valence-electron chi connectivity index (χ4n) is 2.64. The summed E-state index contributed by atoms with van der Waals surface area (Å²) in [6, 6.07) is 16.2. The normalized spacial score (nSPS) is 10.7. The Morgan fingerprint density at radius 1 is 1.15 bits per heavy atom. The summed E-state index contributed by atoms with van der Waals surface area (Å²) < 4.78 is 1.03. The Bertz CT molecular complexity index is 940. The Kier molecular flexibility index (Phi) is 6.16. The second-order valence-electron chi connectivity index (χ2n) is 6.15. The lowest BCUT2D eigenvalue weighted by molar-refractivity contribution is -0.132. The molecule has 0 aliphatic carbocycles. The predicted octanol–water partition coefficient (Wildman–Crippen LogP) is 2.07. The summed E-state index contributed by atoms with van der Waals surface area (Å²) in [7, 11) is 1.59. The fourth-order valence-corrected chi connectivity index (χ4v) is 3.65. The van der Waals surface area contributed by atoms with Crippen LogP contribution in [0.3, 0.4) is 0 Å². The van der Waals surface area contributed by atoms with Gasteiger partial charge in [-0.3, -0.25) is 9.59 Å². The number of hydrogen-bond donors (Lipinski definition) is 2. The van der Waals surface area contributed by atoms with Crippen molar-refractivity contribution in [2.75, 3.05) is 26.7 Å². The van der Waals surface area contributed by atoms with Gasteiger partial charge < -0.3 is 15.3 Å². The van der Waals surface area contributed by atoms with Crippen molar-refractivity contribution in [3.8, 4) is 11.1 Å². The van der Waals surface area contributed by atoms with Gasteiger partial charge in [-0.2, -0.15) is 0 Å². The fraction of sp³-hybridized carbons (Fsp3) is 0.250. The molecule has 3 aromatic rings. The van der Waals surface area contributed by atoms with Gasteiger partial charge in [-0.25, -0.2) is 4.98 Å². The molecule has 27 heavy (non-hydrogen) atoms. The van der Waals surface area contributed by atoms with Crippen LogP contribution in [-0.4, -0.2) is 53.5 Å². The lowest BCUT2D eigenvalue weighted by Gasteiger charge is -2.15. The van der Waals surface area contributed by atoms with Gasteiger partial charge in [-0.1, -0.05) is 36.4 Å². The van der Waals surface area contributed by atoms with Crippen molar-refractivity contribution in [3.63, 3.8) is 0 Å². The van der Waals surface area contributed by atoms with Crippen molar-refractivity contribution >= 4 is 33.4 Å². The zero-order chi connectivity index (χ0) is 19.2. The summed E-state index contributed by atoms with van der Waals surface area (Å²) in [5, 5.41) is 12.1. The maximum atomic E-state index is 12.1. The Morgan fingerprint density at radius 2 is 1.93 bits per heavy atom. The zero-order valence-electron chi connectivity index (χ0n) is 15.0. The van der Waals surface area contributed by atoms with E-state index in [4.69, 9.17) is 5.11 Å². The molecule has 0 saturated carbocycles. The number of nitrogens with one attached hydrogen (secondary N) is 1. The van der Waals surface area contributed by atoms with Crippen molar-refractivity contribution in [3.05, 3.63) is 53.5 Å². The molecule has 0 saturated heterocycles. The highest BCUT2D eigenvalue weighted by Crippen LogP contribution is 2.28.